The van der Waals surface area contributed by atoms with Crippen LogP contribution in [-0.4, -0.2) is 18.0 Å². The molecule has 0 fully saturated rings. The van der Waals surface area contributed by atoms with Crippen molar-refractivity contribution in [3.05, 3.63) is 64.5 Å². The average molecular weight is 374 g/mol. The molecule has 4 nitrogen and oxygen atoms in total. The molecule has 1 heterocycles. The fraction of sp³-hybridized carbons (Fsp3) is 0.158. The van der Waals surface area contributed by atoms with Gasteiger partial charge in [0.1, 0.15) is 5.75 Å². The minimum absolute atomic E-state index is 0.177. The Balaban J connectivity index is 1.68. The molecule has 0 aliphatic heterocycles. The average Bonchev–Trinajstić information content (AvgIpc) is 3.07. The van der Waals surface area contributed by atoms with Crippen LogP contribution < -0.4 is 10.1 Å². The number of aryl methyl sites for hydroxylation is 1. The zero-order valence-electron chi connectivity index (χ0n) is 14.2. The molecule has 0 radical (unpaired) electrons. The van der Waals surface area contributed by atoms with Crippen LogP contribution in [0.25, 0.3) is 11.3 Å². The number of ether oxygens (including phenoxy) is 1. The van der Waals surface area contributed by atoms with E-state index in [0.29, 0.717) is 16.4 Å². The number of amides is 1. The fourth-order valence-electron chi connectivity index (χ4n) is 2.44. The Morgan fingerprint density at radius 2 is 2.00 bits per heavy atom. The maximum Gasteiger partial charge on any atom is 0.230 e. The molecule has 0 aliphatic rings. The van der Waals surface area contributed by atoms with Crippen molar-refractivity contribution in [2.24, 2.45) is 0 Å². The lowest BCUT2D eigenvalue weighted by Crippen LogP contribution is -2.14. The van der Waals surface area contributed by atoms with E-state index in [9.17, 15) is 13.6 Å². The van der Waals surface area contributed by atoms with Crippen LogP contribution in [0.5, 0.6) is 5.75 Å². The summed E-state index contributed by atoms with van der Waals surface area (Å²) in [6, 6.07) is 9.15. The minimum atomic E-state index is -0.936. The van der Waals surface area contributed by atoms with E-state index in [1.807, 2.05) is 25.1 Å². The van der Waals surface area contributed by atoms with Crippen LogP contribution in [0.15, 0.2) is 41.8 Å². The number of thiazole rings is 1. The number of rotatable bonds is 5. The summed E-state index contributed by atoms with van der Waals surface area (Å²) in [6.07, 6.45) is 0.177. The Labute approximate surface area is 153 Å². The zero-order valence-corrected chi connectivity index (χ0v) is 15.0. The molecule has 0 aliphatic carbocycles. The molecule has 1 N–H and O–H groups in total. The highest BCUT2D eigenvalue weighted by Gasteiger charge is 2.11. The van der Waals surface area contributed by atoms with Crippen molar-refractivity contribution in [2.45, 2.75) is 13.3 Å². The van der Waals surface area contributed by atoms with Gasteiger partial charge in [-0.2, -0.15) is 0 Å². The maximum absolute atomic E-state index is 13.3. The fourth-order valence-corrected chi connectivity index (χ4v) is 3.18. The number of carbonyl (C=O) groups excluding carboxylic acids is 1. The van der Waals surface area contributed by atoms with Crippen LogP contribution in [0.1, 0.15) is 11.1 Å². The summed E-state index contributed by atoms with van der Waals surface area (Å²) in [5, 5.41) is 4.79. The van der Waals surface area contributed by atoms with Crippen LogP contribution >= 0.6 is 11.3 Å². The van der Waals surface area contributed by atoms with Gasteiger partial charge >= 0.3 is 0 Å². The first-order valence-electron chi connectivity index (χ1n) is 7.80. The molecule has 3 rings (SSSR count). The van der Waals surface area contributed by atoms with Gasteiger partial charge in [-0.15, -0.1) is 11.3 Å². The van der Waals surface area contributed by atoms with E-state index < -0.39 is 11.6 Å². The number of nitrogens with zero attached hydrogens (tertiary/aromatic N) is 1. The predicted octanol–water partition coefficient (Wildman–Crippen LogP) is 4.59. The number of methoxy groups -OCH3 is 1. The van der Waals surface area contributed by atoms with E-state index in [1.165, 1.54) is 17.4 Å². The van der Waals surface area contributed by atoms with Crippen molar-refractivity contribution in [3.8, 4) is 17.0 Å². The SMILES string of the molecule is COc1cc(CC(=O)Nc2nc(-c3ccc(F)c(F)c3)cs2)ccc1C. The van der Waals surface area contributed by atoms with Crippen molar-refractivity contribution in [3.63, 3.8) is 0 Å². The summed E-state index contributed by atoms with van der Waals surface area (Å²) in [6.45, 7) is 1.93. The van der Waals surface area contributed by atoms with Crippen molar-refractivity contribution in [1.29, 1.82) is 0 Å². The van der Waals surface area contributed by atoms with E-state index >= 15 is 0 Å². The van der Waals surface area contributed by atoms with E-state index in [0.717, 1.165) is 29.0 Å². The first kappa shape index (κ1) is 18.0. The standard InChI is InChI=1S/C19H16F2N2O2S/c1-11-3-4-12(7-17(11)25-2)8-18(24)23-19-22-16(10-26-19)13-5-6-14(20)15(21)9-13/h3-7,9-10H,8H2,1-2H3,(H,22,23,24). The summed E-state index contributed by atoms with van der Waals surface area (Å²) in [4.78, 5) is 16.5. The Bertz CT molecular complexity index is 956. The third-order valence-corrected chi connectivity index (χ3v) is 4.56. The summed E-state index contributed by atoms with van der Waals surface area (Å²) in [5.74, 6) is -1.34. The maximum atomic E-state index is 13.3. The highest BCUT2D eigenvalue weighted by atomic mass is 32.1. The van der Waals surface area contributed by atoms with Crippen LogP contribution in [0.4, 0.5) is 13.9 Å². The topological polar surface area (TPSA) is 51.2 Å². The largest absolute Gasteiger partial charge is 0.496 e. The Hall–Kier alpha value is -2.80. The molecule has 0 bridgehead atoms. The van der Waals surface area contributed by atoms with Crippen molar-refractivity contribution < 1.29 is 18.3 Å². The Morgan fingerprint density at radius 3 is 2.73 bits per heavy atom. The number of aromatic nitrogens is 1. The second kappa shape index (κ2) is 7.61. The zero-order chi connectivity index (χ0) is 18.7. The van der Waals surface area contributed by atoms with Gasteiger partial charge in [-0.05, 0) is 42.3 Å². The molecule has 7 heteroatoms. The number of anilines is 1. The van der Waals surface area contributed by atoms with Crippen LogP contribution in [0.3, 0.4) is 0 Å². The van der Waals surface area contributed by atoms with Crippen LogP contribution in [0.2, 0.25) is 0 Å². The summed E-state index contributed by atoms with van der Waals surface area (Å²) in [5.41, 5.74) is 2.74. The first-order chi connectivity index (χ1) is 12.5. The second-order valence-corrected chi connectivity index (χ2v) is 6.55. The van der Waals surface area contributed by atoms with Gasteiger partial charge in [-0.3, -0.25) is 4.79 Å². The molecule has 134 valence electrons. The van der Waals surface area contributed by atoms with E-state index in [2.05, 4.69) is 10.3 Å². The number of hydrogen-bond donors (Lipinski definition) is 1. The number of hydrogen-bond acceptors (Lipinski definition) is 4. The second-order valence-electron chi connectivity index (χ2n) is 5.70. The molecular formula is C19H16F2N2O2S. The smallest absolute Gasteiger partial charge is 0.230 e. The van der Waals surface area contributed by atoms with E-state index in [4.69, 9.17) is 4.74 Å². The Morgan fingerprint density at radius 1 is 1.19 bits per heavy atom. The van der Waals surface area contributed by atoms with Gasteiger partial charge in [0.05, 0.1) is 19.2 Å². The van der Waals surface area contributed by atoms with Gasteiger partial charge in [-0.1, -0.05) is 12.1 Å². The van der Waals surface area contributed by atoms with Crippen molar-refractivity contribution >= 4 is 22.4 Å². The summed E-state index contributed by atoms with van der Waals surface area (Å²) in [7, 11) is 1.58. The quantitative estimate of drug-likeness (QED) is 0.711. The molecule has 0 spiro atoms. The number of nitrogens with one attached hydrogen (secondary N) is 1. The lowest BCUT2D eigenvalue weighted by Gasteiger charge is -2.07. The molecule has 0 saturated heterocycles. The molecule has 1 amide bonds. The molecule has 3 aromatic rings. The van der Waals surface area contributed by atoms with Gasteiger partial charge < -0.3 is 10.1 Å². The number of halogens is 2. The Kier molecular flexibility index (Phi) is 5.27. The third kappa shape index (κ3) is 4.05. The monoisotopic (exact) mass is 374 g/mol. The highest BCUT2D eigenvalue weighted by Crippen LogP contribution is 2.26. The third-order valence-electron chi connectivity index (χ3n) is 3.80. The highest BCUT2D eigenvalue weighted by molar-refractivity contribution is 7.14. The number of carbonyl (C=O) groups is 1. The normalized spacial score (nSPS) is 10.6. The van der Waals surface area contributed by atoms with Crippen LogP contribution in [-0.2, 0) is 11.2 Å². The molecule has 0 atom stereocenters. The molecule has 0 unspecified atom stereocenters. The van der Waals surface area contributed by atoms with Crippen molar-refractivity contribution in [1.82, 2.24) is 4.98 Å². The van der Waals surface area contributed by atoms with Crippen molar-refractivity contribution in [2.75, 3.05) is 12.4 Å². The van der Waals surface area contributed by atoms with Gasteiger partial charge in [0.25, 0.3) is 0 Å². The predicted molar refractivity (Wildman–Crippen MR) is 97.5 cm³/mol. The van der Waals surface area contributed by atoms with Gasteiger partial charge in [0, 0.05) is 10.9 Å². The summed E-state index contributed by atoms with van der Waals surface area (Å²) >= 11 is 1.22. The molecule has 0 saturated carbocycles. The molecule has 2 aromatic carbocycles. The van der Waals surface area contributed by atoms with Gasteiger partial charge in [0.15, 0.2) is 16.8 Å². The lowest BCUT2D eigenvalue weighted by atomic mass is 10.1. The molecular weight excluding hydrogens is 358 g/mol. The van der Waals surface area contributed by atoms with Gasteiger partial charge in [0.2, 0.25) is 5.91 Å². The first-order valence-corrected chi connectivity index (χ1v) is 8.68. The number of benzene rings is 2. The van der Waals surface area contributed by atoms with E-state index in [-0.39, 0.29) is 12.3 Å². The van der Waals surface area contributed by atoms with E-state index in [1.54, 1.807) is 12.5 Å². The van der Waals surface area contributed by atoms with Crippen LogP contribution in [0, 0.1) is 18.6 Å². The lowest BCUT2D eigenvalue weighted by molar-refractivity contribution is -0.115. The summed E-state index contributed by atoms with van der Waals surface area (Å²) < 4.78 is 31.6. The minimum Gasteiger partial charge on any atom is -0.496 e. The molecule has 1 aromatic heterocycles. The molecule has 26 heavy (non-hydrogen) atoms. The van der Waals surface area contributed by atoms with Gasteiger partial charge in [-0.25, -0.2) is 13.8 Å².